The summed E-state index contributed by atoms with van der Waals surface area (Å²) in [5, 5.41) is 9.41. The second-order valence-electron chi connectivity index (χ2n) is 8.72. The van der Waals surface area contributed by atoms with Gasteiger partial charge in [-0.3, -0.25) is 9.78 Å². The summed E-state index contributed by atoms with van der Waals surface area (Å²) in [5.74, 6) is -0.515. The lowest BCUT2D eigenvalue weighted by molar-refractivity contribution is 0.293. The van der Waals surface area contributed by atoms with Crippen molar-refractivity contribution >= 4 is 11.6 Å². The molecule has 30 heavy (non-hydrogen) atoms. The van der Waals surface area contributed by atoms with Gasteiger partial charge < -0.3 is 14.9 Å². The van der Waals surface area contributed by atoms with Crippen LogP contribution in [0.15, 0.2) is 16.9 Å². The zero-order valence-corrected chi connectivity index (χ0v) is 16.9. The molecule has 0 atom stereocenters. The van der Waals surface area contributed by atoms with Crippen molar-refractivity contribution in [3.05, 3.63) is 50.9 Å². The van der Waals surface area contributed by atoms with Crippen LogP contribution in [0.2, 0.25) is 0 Å². The molecular weight excluding hydrogens is 390 g/mol. The second kappa shape index (κ2) is 7.34. The van der Waals surface area contributed by atoms with Crippen LogP contribution in [0.25, 0.3) is 0 Å². The minimum absolute atomic E-state index is 0.0446. The number of piperidine rings is 1. The first kappa shape index (κ1) is 19.5. The van der Waals surface area contributed by atoms with Gasteiger partial charge in [0.1, 0.15) is 11.6 Å². The van der Waals surface area contributed by atoms with Gasteiger partial charge in [-0.25, -0.2) is 13.8 Å². The largest absolute Gasteiger partial charge is 0.395 e. The van der Waals surface area contributed by atoms with Gasteiger partial charge in [0.2, 0.25) is 5.95 Å². The van der Waals surface area contributed by atoms with E-state index in [2.05, 4.69) is 9.88 Å². The number of benzene rings is 1. The summed E-state index contributed by atoms with van der Waals surface area (Å²) in [5.41, 5.74) is 2.36. The molecule has 1 fully saturated rings. The molecule has 160 valence electrons. The summed E-state index contributed by atoms with van der Waals surface area (Å²) in [6.07, 6.45) is 5.05. The highest BCUT2D eigenvalue weighted by atomic mass is 19.1. The van der Waals surface area contributed by atoms with E-state index in [1.807, 2.05) is 4.90 Å². The summed E-state index contributed by atoms with van der Waals surface area (Å²) in [7, 11) is 0. The van der Waals surface area contributed by atoms with E-state index in [9.17, 15) is 18.7 Å². The van der Waals surface area contributed by atoms with Gasteiger partial charge in [0.15, 0.2) is 0 Å². The summed E-state index contributed by atoms with van der Waals surface area (Å²) in [6.45, 7) is 2.10. The van der Waals surface area contributed by atoms with Crippen LogP contribution in [0, 0.1) is 11.6 Å². The lowest BCUT2D eigenvalue weighted by Crippen LogP contribution is -2.46. The zero-order valence-electron chi connectivity index (χ0n) is 16.9. The number of aromatic amines is 1. The fourth-order valence-corrected chi connectivity index (χ4v) is 5.48. The van der Waals surface area contributed by atoms with Gasteiger partial charge in [0.25, 0.3) is 5.56 Å². The molecule has 0 bridgehead atoms. The molecule has 5 rings (SSSR count). The highest BCUT2D eigenvalue weighted by Gasteiger charge is 2.47. The van der Waals surface area contributed by atoms with E-state index in [-0.39, 0.29) is 12.2 Å². The Bertz CT molecular complexity index is 1030. The van der Waals surface area contributed by atoms with Crippen molar-refractivity contribution in [1.29, 1.82) is 0 Å². The van der Waals surface area contributed by atoms with Crippen molar-refractivity contribution in [2.45, 2.75) is 43.9 Å². The lowest BCUT2D eigenvalue weighted by Gasteiger charge is -2.40. The number of halogens is 2. The first-order valence-corrected chi connectivity index (χ1v) is 10.7. The second-order valence-corrected chi connectivity index (χ2v) is 8.72. The van der Waals surface area contributed by atoms with Crippen molar-refractivity contribution < 1.29 is 13.9 Å². The number of hydrogen-bond donors (Lipinski definition) is 2. The van der Waals surface area contributed by atoms with Crippen LogP contribution < -0.4 is 15.4 Å². The molecule has 8 heteroatoms. The third-order valence-electron chi connectivity index (χ3n) is 6.97. The Kier molecular flexibility index (Phi) is 4.76. The first-order chi connectivity index (χ1) is 14.5. The van der Waals surface area contributed by atoms with Gasteiger partial charge in [-0.1, -0.05) is 0 Å². The summed E-state index contributed by atoms with van der Waals surface area (Å²) in [4.78, 5) is 24.1. The van der Waals surface area contributed by atoms with Crippen LogP contribution in [0.3, 0.4) is 0 Å². The molecular formula is C22H26F2N4O2. The Morgan fingerprint density at radius 2 is 1.93 bits per heavy atom. The van der Waals surface area contributed by atoms with Gasteiger partial charge in [-0.05, 0) is 44.6 Å². The Balaban J connectivity index is 1.42. The third-order valence-corrected chi connectivity index (χ3v) is 6.97. The Morgan fingerprint density at radius 3 is 2.70 bits per heavy atom. The van der Waals surface area contributed by atoms with E-state index in [1.165, 1.54) is 6.07 Å². The fourth-order valence-electron chi connectivity index (χ4n) is 5.48. The van der Waals surface area contributed by atoms with Crippen LogP contribution >= 0.6 is 0 Å². The van der Waals surface area contributed by atoms with E-state index in [0.29, 0.717) is 56.2 Å². The highest BCUT2D eigenvalue weighted by molar-refractivity contribution is 5.64. The monoisotopic (exact) mass is 416 g/mol. The number of rotatable bonds is 3. The SMILES string of the molecule is O=c1[nH]c(N2CCC3(CC2)CN(CCO)c2cc(F)cc(F)c23)nc2c1CCCC2. The van der Waals surface area contributed by atoms with E-state index < -0.39 is 17.0 Å². The normalized spacial score (nSPS) is 19.8. The maximum absolute atomic E-state index is 14.9. The molecule has 1 aromatic heterocycles. The topological polar surface area (TPSA) is 72.5 Å². The van der Waals surface area contributed by atoms with Gasteiger partial charge in [0.05, 0.1) is 12.3 Å². The van der Waals surface area contributed by atoms with Crippen molar-refractivity contribution in [2.75, 3.05) is 42.6 Å². The van der Waals surface area contributed by atoms with Crippen molar-refractivity contribution in [3.63, 3.8) is 0 Å². The summed E-state index contributed by atoms with van der Waals surface area (Å²) < 4.78 is 28.7. The van der Waals surface area contributed by atoms with E-state index in [0.717, 1.165) is 43.0 Å². The average Bonchev–Trinajstić information content (AvgIpc) is 3.02. The smallest absolute Gasteiger partial charge is 0.255 e. The maximum Gasteiger partial charge on any atom is 0.255 e. The van der Waals surface area contributed by atoms with Crippen LogP contribution in [-0.4, -0.2) is 47.9 Å². The quantitative estimate of drug-likeness (QED) is 0.803. The van der Waals surface area contributed by atoms with Crippen LogP contribution in [-0.2, 0) is 18.3 Å². The first-order valence-electron chi connectivity index (χ1n) is 10.7. The number of aliphatic hydroxyl groups is 1. The van der Waals surface area contributed by atoms with E-state index >= 15 is 0 Å². The number of aliphatic hydroxyl groups excluding tert-OH is 1. The number of aryl methyl sites for hydroxylation is 1. The molecule has 1 saturated heterocycles. The van der Waals surface area contributed by atoms with E-state index in [4.69, 9.17) is 4.98 Å². The predicted molar refractivity (Wildman–Crippen MR) is 110 cm³/mol. The lowest BCUT2D eigenvalue weighted by atomic mass is 9.74. The molecule has 3 aliphatic rings. The Labute approximate surface area is 173 Å². The molecule has 6 nitrogen and oxygen atoms in total. The predicted octanol–water partition coefficient (Wildman–Crippen LogP) is 2.28. The molecule has 0 amide bonds. The molecule has 2 aromatic rings. The number of aromatic nitrogens is 2. The molecule has 3 heterocycles. The standard InChI is InChI=1S/C22H26F2N4O2/c23-14-11-16(24)19-18(12-14)28(9-10-29)13-22(19)5-7-27(8-6-22)21-25-17-4-2-1-3-15(17)20(30)26-21/h11-12,29H,1-10,13H2,(H,25,26,30). The maximum atomic E-state index is 14.9. The average molecular weight is 416 g/mol. The minimum Gasteiger partial charge on any atom is -0.395 e. The summed E-state index contributed by atoms with van der Waals surface area (Å²) in [6, 6.07) is 2.33. The molecule has 2 aliphatic heterocycles. The number of anilines is 2. The van der Waals surface area contributed by atoms with Crippen LogP contribution in [0.4, 0.5) is 20.4 Å². The molecule has 1 aliphatic carbocycles. The number of nitrogens with one attached hydrogen (secondary N) is 1. The molecule has 0 radical (unpaired) electrons. The molecule has 2 N–H and O–H groups in total. The van der Waals surface area contributed by atoms with Gasteiger partial charge in [0, 0.05) is 54.5 Å². The van der Waals surface area contributed by atoms with Gasteiger partial charge in [-0.2, -0.15) is 0 Å². The number of H-pyrrole nitrogens is 1. The Morgan fingerprint density at radius 1 is 1.17 bits per heavy atom. The van der Waals surface area contributed by atoms with Crippen LogP contribution in [0.1, 0.15) is 42.5 Å². The minimum atomic E-state index is -0.598. The number of hydrogen-bond acceptors (Lipinski definition) is 5. The highest BCUT2D eigenvalue weighted by Crippen LogP contribution is 2.48. The molecule has 0 unspecified atom stereocenters. The number of nitrogens with zero attached hydrogens (tertiary/aromatic N) is 3. The van der Waals surface area contributed by atoms with Crippen molar-refractivity contribution in [2.24, 2.45) is 0 Å². The zero-order chi connectivity index (χ0) is 20.9. The van der Waals surface area contributed by atoms with Crippen LogP contribution in [0.5, 0.6) is 0 Å². The molecule has 0 saturated carbocycles. The van der Waals surface area contributed by atoms with Crippen molar-refractivity contribution in [1.82, 2.24) is 9.97 Å². The van der Waals surface area contributed by atoms with E-state index in [1.54, 1.807) is 0 Å². The number of fused-ring (bicyclic) bond motifs is 3. The molecule has 1 spiro atoms. The van der Waals surface area contributed by atoms with Gasteiger partial charge >= 0.3 is 0 Å². The third kappa shape index (κ3) is 3.09. The van der Waals surface area contributed by atoms with Crippen molar-refractivity contribution in [3.8, 4) is 0 Å². The summed E-state index contributed by atoms with van der Waals surface area (Å²) >= 11 is 0. The van der Waals surface area contributed by atoms with Gasteiger partial charge in [-0.15, -0.1) is 0 Å². The Hall–Kier alpha value is -2.48. The molecule has 1 aromatic carbocycles. The fraction of sp³-hybridized carbons (Fsp3) is 0.545. The number of β-amino-alcohol motifs (C(OH)–C–C–N with tert-alkyl or cyclic N) is 1.